The summed E-state index contributed by atoms with van der Waals surface area (Å²) in [5, 5.41) is 7.78. The van der Waals surface area contributed by atoms with E-state index in [1.807, 2.05) is 0 Å². The number of likely N-dealkylation sites (tertiary alicyclic amines) is 1. The zero-order valence-electron chi connectivity index (χ0n) is 14.6. The summed E-state index contributed by atoms with van der Waals surface area (Å²) in [6.45, 7) is 0.605. The number of hydrogen-bond donors (Lipinski definition) is 2. The molecule has 1 saturated carbocycles. The largest absolute Gasteiger partial charge is 0.368 e. The Hall–Kier alpha value is -1.57. The van der Waals surface area contributed by atoms with Crippen molar-refractivity contribution in [3.05, 3.63) is 5.82 Å². The van der Waals surface area contributed by atoms with Gasteiger partial charge in [-0.25, -0.2) is 4.98 Å². The van der Waals surface area contributed by atoms with Crippen LogP contribution in [-0.2, 0) is 16.0 Å². The fourth-order valence-electron chi connectivity index (χ4n) is 3.83. The molecule has 138 valence electrons. The first-order valence-electron chi connectivity index (χ1n) is 9.26. The first-order chi connectivity index (χ1) is 12.1. The lowest BCUT2D eigenvalue weighted by Gasteiger charge is -2.33. The monoisotopic (exact) mass is 365 g/mol. The summed E-state index contributed by atoms with van der Waals surface area (Å²) in [5.41, 5.74) is 5.42. The lowest BCUT2D eigenvalue weighted by Crippen LogP contribution is -2.51. The summed E-state index contributed by atoms with van der Waals surface area (Å²) in [4.78, 5) is 30.0. The Balaban J connectivity index is 1.46. The molecule has 8 heteroatoms. The van der Waals surface area contributed by atoms with Crippen LogP contribution in [0.25, 0.3) is 0 Å². The van der Waals surface area contributed by atoms with Gasteiger partial charge in [-0.15, -0.1) is 5.10 Å². The van der Waals surface area contributed by atoms with Crippen molar-refractivity contribution in [2.45, 2.75) is 69.0 Å². The SMILES string of the molecule is NC(=O)C1CCCCN1C(=O)CSc1n[nH]c(CCC2CCCC2)n1. The van der Waals surface area contributed by atoms with Crippen molar-refractivity contribution in [2.75, 3.05) is 12.3 Å². The number of piperidine rings is 1. The maximum atomic E-state index is 12.4. The maximum absolute atomic E-state index is 12.4. The Morgan fingerprint density at radius 2 is 1.96 bits per heavy atom. The summed E-state index contributed by atoms with van der Waals surface area (Å²) >= 11 is 1.32. The third kappa shape index (κ3) is 4.96. The number of hydrogen-bond acceptors (Lipinski definition) is 5. The predicted molar refractivity (Wildman–Crippen MR) is 95.9 cm³/mol. The van der Waals surface area contributed by atoms with Gasteiger partial charge in [-0.05, 0) is 31.6 Å². The molecule has 0 spiro atoms. The number of amides is 2. The Labute approximate surface area is 152 Å². The zero-order chi connectivity index (χ0) is 17.6. The lowest BCUT2D eigenvalue weighted by atomic mass is 10.0. The van der Waals surface area contributed by atoms with Crippen LogP contribution in [0.3, 0.4) is 0 Å². The summed E-state index contributed by atoms with van der Waals surface area (Å²) in [6.07, 6.45) is 9.98. The summed E-state index contributed by atoms with van der Waals surface area (Å²) in [5.74, 6) is 1.49. The van der Waals surface area contributed by atoms with Gasteiger partial charge >= 0.3 is 0 Å². The molecule has 1 aliphatic carbocycles. The van der Waals surface area contributed by atoms with Crippen molar-refractivity contribution in [3.63, 3.8) is 0 Å². The number of primary amides is 1. The molecule has 2 amide bonds. The molecule has 0 aromatic carbocycles. The van der Waals surface area contributed by atoms with Crippen molar-refractivity contribution in [1.82, 2.24) is 20.1 Å². The average molecular weight is 366 g/mol. The van der Waals surface area contributed by atoms with E-state index in [-0.39, 0.29) is 11.7 Å². The number of thioether (sulfide) groups is 1. The van der Waals surface area contributed by atoms with Crippen LogP contribution in [0.15, 0.2) is 5.16 Å². The van der Waals surface area contributed by atoms with Crippen LogP contribution in [0.5, 0.6) is 0 Å². The number of nitrogens with one attached hydrogen (secondary N) is 1. The normalized spacial score (nSPS) is 21.6. The smallest absolute Gasteiger partial charge is 0.240 e. The number of aromatic nitrogens is 3. The van der Waals surface area contributed by atoms with E-state index in [2.05, 4.69) is 15.2 Å². The predicted octanol–water partition coefficient (Wildman–Crippen LogP) is 1.89. The molecule has 1 saturated heterocycles. The van der Waals surface area contributed by atoms with E-state index in [1.165, 1.54) is 37.4 Å². The molecule has 3 rings (SSSR count). The van der Waals surface area contributed by atoms with Gasteiger partial charge in [0.1, 0.15) is 11.9 Å². The summed E-state index contributed by atoms with van der Waals surface area (Å²) in [7, 11) is 0. The highest BCUT2D eigenvalue weighted by Crippen LogP contribution is 2.28. The number of rotatable bonds is 7. The van der Waals surface area contributed by atoms with E-state index >= 15 is 0 Å². The van der Waals surface area contributed by atoms with E-state index in [0.717, 1.165) is 37.4 Å². The van der Waals surface area contributed by atoms with E-state index < -0.39 is 11.9 Å². The second-order valence-corrected chi connectivity index (χ2v) is 7.99. The number of aromatic amines is 1. The minimum atomic E-state index is -0.462. The van der Waals surface area contributed by atoms with Crippen molar-refractivity contribution in [3.8, 4) is 0 Å². The van der Waals surface area contributed by atoms with Crippen LogP contribution >= 0.6 is 11.8 Å². The third-order valence-electron chi connectivity index (χ3n) is 5.25. The highest BCUT2D eigenvalue weighted by molar-refractivity contribution is 7.99. The molecule has 1 atom stereocenters. The highest BCUT2D eigenvalue weighted by atomic mass is 32.2. The van der Waals surface area contributed by atoms with Crippen molar-refractivity contribution in [1.29, 1.82) is 0 Å². The Bertz CT molecular complexity index is 600. The van der Waals surface area contributed by atoms with Gasteiger partial charge in [0.25, 0.3) is 0 Å². The fraction of sp³-hybridized carbons (Fsp3) is 0.765. The first kappa shape index (κ1) is 18.2. The van der Waals surface area contributed by atoms with Gasteiger partial charge in [-0.2, -0.15) is 0 Å². The maximum Gasteiger partial charge on any atom is 0.240 e. The molecular weight excluding hydrogens is 338 g/mol. The molecule has 1 aromatic rings. The molecule has 2 aliphatic rings. The third-order valence-corrected chi connectivity index (χ3v) is 6.08. The Morgan fingerprint density at radius 1 is 1.20 bits per heavy atom. The van der Waals surface area contributed by atoms with Crippen LogP contribution in [0.2, 0.25) is 0 Å². The topological polar surface area (TPSA) is 105 Å². The molecule has 0 bridgehead atoms. The fourth-order valence-corrected chi connectivity index (χ4v) is 4.53. The molecule has 25 heavy (non-hydrogen) atoms. The van der Waals surface area contributed by atoms with Gasteiger partial charge in [0.05, 0.1) is 5.75 Å². The number of carbonyl (C=O) groups excluding carboxylic acids is 2. The van der Waals surface area contributed by atoms with Crippen LogP contribution < -0.4 is 5.73 Å². The molecule has 1 unspecified atom stereocenters. The number of aryl methyl sites for hydroxylation is 1. The molecule has 2 fully saturated rings. The molecule has 1 aliphatic heterocycles. The standard InChI is InChI=1S/C17H27N5O2S/c18-16(24)13-7-3-4-10-22(13)15(23)11-25-17-19-14(20-21-17)9-8-12-5-1-2-6-12/h12-13H,1-11H2,(H2,18,24)(H,19,20,21). The van der Waals surface area contributed by atoms with Crippen LogP contribution in [0, 0.1) is 5.92 Å². The number of H-pyrrole nitrogens is 1. The van der Waals surface area contributed by atoms with Gasteiger partial charge in [0.15, 0.2) is 0 Å². The van der Waals surface area contributed by atoms with Gasteiger partial charge in [0, 0.05) is 13.0 Å². The van der Waals surface area contributed by atoms with Crippen molar-refractivity contribution >= 4 is 23.6 Å². The van der Waals surface area contributed by atoms with Gasteiger partial charge in [-0.1, -0.05) is 37.4 Å². The van der Waals surface area contributed by atoms with Crippen LogP contribution in [0.4, 0.5) is 0 Å². The van der Waals surface area contributed by atoms with E-state index in [9.17, 15) is 9.59 Å². The van der Waals surface area contributed by atoms with Gasteiger partial charge in [-0.3, -0.25) is 14.7 Å². The molecule has 0 radical (unpaired) electrons. The summed E-state index contributed by atoms with van der Waals surface area (Å²) in [6, 6.07) is -0.462. The lowest BCUT2D eigenvalue weighted by molar-refractivity contribution is -0.138. The Morgan fingerprint density at radius 3 is 2.72 bits per heavy atom. The molecule has 1 aromatic heterocycles. The quantitative estimate of drug-likeness (QED) is 0.718. The number of carbonyl (C=O) groups is 2. The Kier molecular flexibility index (Phi) is 6.34. The second-order valence-electron chi connectivity index (χ2n) is 7.04. The van der Waals surface area contributed by atoms with Crippen molar-refractivity contribution < 1.29 is 9.59 Å². The molecular formula is C17H27N5O2S. The molecule has 2 heterocycles. The zero-order valence-corrected chi connectivity index (χ0v) is 15.4. The van der Waals surface area contributed by atoms with E-state index in [0.29, 0.717) is 18.1 Å². The summed E-state index contributed by atoms with van der Waals surface area (Å²) < 4.78 is 0. The van der Waals surface area contributed by atoms with E-state index in [1.54, 1.807) is 4.90 Å². The molecule has 3 N–H and O–H groups in total. The average Bonchev–Trinajstić information content (AvgIpc) is 3.29. The molecule has 7 nitrogen and oxygen atoms in total. The number of nitrogens with zero attached hydrogens (tertiary/aromatic N) is 3. The van der Waals surface area contributed by atoms with Crippen molar-refractivity contribution in [2.24, 2.45) is 11.7 Å². The van der Waals surface area contributed by atoms with Crippen LogP contribution in [0.1, 0.15) is 57.2 Å². The minimum absolute atomic E-state index is 0.0641. The minimum Gasteiger partial charge on any atom is -0.368 e. The van der Waals surface area contributed by atoms with Crippen LogP contribution in [-0.4, -0.2) is 50.2 Å². The number of nitrogens with two attached hydrogens (primary N) is 1. The highest BCUT2D eigenvalue weighted by Gasteiger charge is 2.30. The van der Waals surface area contributed by atoms with E-state index in [4.69, 9.17) is 5.73 Å². The van der Waals surface area contributed by atoms with Gasteiger partial charge < -0.3 is 10.6 Å². The second kappa shape index (κ2) is 8.69. The first-order valence-corrected chi connectivity index (χ1v) is 10.2. The van der Waals surface area contributed by atoms with Gasteiger partial charge in [0.2, 0.25) is 17.0 Å².